The van der Waals surface area contributed by atoms with Crippen LogP contribution in [0.2, 0.25) is 0 Å². The summed E-state index contributed by atoms with van der Waals surface area (Å²) < 4.78 is 16.1. The Balaban J connectivity index is 2.57. The van der Waals surface area contributed by atoms with Crippen molar-refractivity contribution in [2.45, 2.75) is 31.8 Å². The Hall–Kier alpha value is -0.810. The lowest BCUT2D eigenvalue weighted by molar-refractivity contribution is -0.149. The van der Waals surface area contributed by atoms with Gasteiger partial charge in [0.1, 0.15) is 6.10 Å². The van der Waals surface area contributed by atoms with Crippen LogP contribution >= 0.6 is 0 Å². The van der Waals surface area contributed by atoms with E-state index in [9.17, 15) is 0 Å². The van der Waals surface area contributed by atoms with Crippen LogP contribution in [0.4, 0.5) is 0 Å². The molecule has 6 nitrogen and oxygen atoms in total. The third-order valence-corrected chi connectivity index (χ3v) is 1.94. The van der Waals surface area contributed by atoms with Crippen molar-refractivity contribution in [3.8, 4) is 0 Å². The van der Waals surface area contributed by atoms with Crippen LogP contribution in [0.1, 0.15) is 13.8 Å². The molecule has 0 unspecified atom stereocenters. The molecule has 1 saturated heterocycles. The van der Waals surface area contributed by atoms with Gasteiger partial charge in [-0.15, -0.1) is 0 Å². The summed E-state index contributed by atoms with van der Waals surface area (Å²) in [4.78, 5) is 2.69. The summed E-state index contributed by atoms with van der Waals surface area (Å²) in [5.41, 5.74) is 8.20. The van der Waals surface area contributed by atoms with E-state index in [0.29, 0.717) is 6.61 Å². The van der Waals surface area contributed by atoms with Gasteiger partial charge < -0.3 is 14.2 Å². The number of ether oxygens (including phenoxy) is 3. The third-order valence-electron chi connectivity index (χ3n) is 1.94. The van der Waals surface area contributed by atoms with E-state index in [2.05, 4.69) is 10.0 Å². The SMILES string of the molecule is COC[C@H]1OC(C)(C)O[C@@H]1CN=[N+]=[N-]. The van der Waals surface area contributed by atoms with Crippen LogP contribution in [-0.4, -0.2) is 38.3 Å². The Morgan fingerprint density at radius 1 is 1.43 bits per heavy atom. The van der Waals surface area contributed by atoms with Crippen molar-refractivity contribution < 1.29 is 14.2 Å². The van der Waals surface area contributed by atoms with Gasteiger partial charge >= 0.3 is 0 Å². The molecule has 0 spiro atoms. The average molecular weight is 201 g/mol. The Morgan fingerprint density at radius 2 is 2.07 bits per heavy atom. The number of methoxy groups -OCH3 is 1. The van der Waals surface area contributed by atoms with Crippen molar-refractivity contribution >= 4 is 0 Å². The lowest BCUT2D eigenvalue weighted by Gasteiger charge is -2.16. The predicted molar refractivity (Wildman–Crippen MR) is 49.7 cm³/mol. The molecule has 1 aliphatic rings. The van der Waals surface area contributed by atoms with Crippen molar-refractivity contribution in [2.24, 2.45) is 5.11 Å². The second kappa shape index (κ2) is 4.61. The Morgan fingerprint density at radius 3 is 2.64 bits per heavy atom. The van der Waals surface area contributed by atoms with E-state index in [0.717, 1.165) is 0 Å². The maximum Gasteiger partial charge on any atom is 0.163 e. The van der Waals surface area contributed by atoms with Crippen LogP contribution in [-0.2, 0) is 14.2 Å². The predicted octanol–water partition coefficient (Wildman–Crippen LogP) is 1.46. The molecule has 0 bridgehead atoms. The van der Waals surface area contributed by atoms with Crippen LogP contribution < -0.4 is 0 Å². The molecule has 0 aromatic rings. The molecule has 2 atom stereocenters. The highest BCUT2D eigenvalue weighted by molar-refractivity contribution is 4.82. The van der Waals surface area contributed by atoms with Crippen LogP contribution in [0.15, 0.2) is 5.11 Å². The zero-order valence-corrected chi connectivity index (χ0v) is 8.64. The van der Waals surface area contributed by atoms with Crippen LogP contribution in [0.3, 0.4) is 0 Å². The molecule has 1 aliphatic heterocycles. The largest absolute Gasteiger partial charge is 0.382 e. The highest BCUT2D eigenvalue weighted by Gasteiger charge is 2.40. The standard InChI is InChI=1S/C8H15N3O3/c1-8(2)13-6(4-10-11-9)7(14-8)5-12-3/h6-7H,4-5H2,1-3H3/t6-,7-/m1/s1. The third kappa shape index (κ3) is 2.85. The minimum Gasteiger partial charge on any atom is -0.382 e. The summed E-state index contributed by atoms with van der Waals surface area (Å²) in [5.74, 6) is -0.626. The van der Waals surface area contributed by atoms with Crippen LogP contribution in [0, 0.1) is 0 Å². The number of nitrogens with zero attached hydrogens (tertiary/aromatic N) is 3. The van der Waals surface area contributed by atoms with Crippen molar-refractivity contribution in [1.29, 1.82) is 0 Å². The quantitative estimate of drug-likeness (QED) is 0.392. The van der Waals surface area contributed by atoms with Crippen LogP contribution in [0.25, 0.3) is 10.4 Å². The average Bonchev–Trinajstić information content (AvgIpc) is 2.38. The zero-order valence-electron chi connectivity index (χ0n) is 8.64. The van der Waals surface area contributed by atoms with Gasteiger partial charge in [0.2, 0.25) is 0 Å². The van der Waals surface area contributed by atoms with Crippen molar-refractivity contribution in [3.63, 3.8) is 0 Å². The van der Waals surface area contributed by atoms with Gasteiger partial charge in [-0.3, -0.25) is 0 Å². The van der Waals surface area contributed by atoms with E-state index < -0.39 is 5.79 Å². The van der Waals surface area contributed by atoms with Crippen molar-refractivity contribution in [3.05, 3.63) is 10.4 Å². The Bertz CT molecular complexity index is 238. The van der Waals surface area contributed by atoms with E-state index in [1.165, 1.54) is 0 Å². The molecule has 0 saturated carbocycles. The number of hydrogen-bond acceptors (Lipinski definition) is 4. The van der Waals surface area contributed by atoms with E-state index in [1.54, 1.807) is 7.11 Å². The second-order valence-electron chi connectivity index (χ2n) is 3.58. The summed E-state index contributed by atoms with van der Waals surface area (Å²) in [6.07, 6.45) is -0.388. The van der Waals surface area contributed by atoms with Gasteiger partial charge in [0.15, 0.2) is 5.79 Å². The molecule has 0 aromatic carbocycles. The topological polar surface area (TPSA) is 76.5 Å². The van der Waals surface area contributed by atoms with Gasteiger partial charge in [-0.05, 0) is 19.4 Å². The van der Waals surface area contributed by atoms with Crippen molar-refractivity contribution in [1.82, 2.24) is 0 Å². The minimum absolute atomic E-state index is 0.166. The molecule has 1 fully saturated rings. The van der Waals surface area contributed by atoms with Crippen LogP contribution in [0.5, 0.6) is 0 Å². The zero-order chi connectivity index (χ0) is 10.6. The van der Waals surface area contributed by atoms with Gasteiger partial charge in [-0.25, -0.2) is 0 Å². The summed E-state index contributed by atoms with van der Waals surface area (Å²) >= 11 is 0. The molecule has 6 heteroatoms. The summed E-state index contributed by atoms with van der Waals surface area (Å²) in [6.45, 7) is 4.36. The Labute approximate surface area is 82.8 Å². The molecule has 1 rings (SSSR count). The highest BCUT2D eigenvalue weighted by atomic mass is 16.8. The molecule has 80 valence electrons. The summed E-state index contributed by atoms with van der Waals surface area (Å²) in [7, 11) is 1.60. The minimum atomic E-state index is -0.626. The maximum absolute atomic E-state index is 8.20. The van der Waals surface area contributed by atoms with E-state index in [4.69, 9.17) is 19.7 Å². The smallest absolute Gasteiger partial charge is 0.163 e. The summed E-state index contributed by atoms with van der Waals surface area (Å²) in [6, 6.07) is 0. The number of azide groups is 1. The van der Waals surface area contributed by atoms with Gasteiger partial charge in [0, 0.05) is 12.0 Å². The first-order valence-electron chi connectivity index (χ1n) is 4.44. The summed E-state index contributed by atoms with van der Waals surface area (Å²) in [5, 5.41) is 3.47. The number of hydrogen-bond donors (Lipinski definition) is 0. The van der Waals surface area contributed by atoms with E-state index >= 15 is 0 Å². The molecule has 0 N–H and O–H groups in total. The first-order chi connectivity index (χ1) is 6.59. The van der Waals surface area contributed by atoms with Crippen molar-refractivity contribution in [2.75, 3.05) is 20.3 Å². The fraction of sp³-hybridized carbons (Fsp3) is 1.00. The molecule has 0 amide bonds. The lowest BCUT2D eigenvalue weighted by atomic mass is 10.2. The number of rotatable bonds is 4. The van der Waals surface area contributed by atoms with Gasteiger partial charge in [0.25, 0.3) is 0 Å². The Kier molecular flexibility index (Phi) is 3.71. The molecule has 0 aromatic heterocycles. The van der Waals surface area contributed by atoms with E-state index in [1.807, 2.05) is 13.8 Å². The lowest BCUT2D eigenvalue weighted by Crippen LogP contribution is -2.29. The van der Waals surface area contributed by atoms with E-state index in [-0.39, 0.29) is 18.8 Å². The second-order valence-corrected chi connectivity index (χ2v) is 3.58. The maximum atomic E-state index is 8.20. The normalized spacial score (nSPS) is 29.9. The first kappa shape index (κ1) is 11.3. The molecule has 0 radical (unpaired) electrons. The van der Waals surface area contributed by atoms with Gasteiger partial charge in [-0.2, -0.15) is 0 Å². The monoisotopic (exact) mass is 201 g/mol. The van der Waals surface area contributed by atoms with Gasteiger partial charge in [-0.1, -0.05) is 5.11 Å². The molecular formula is C8H15N3O3. The highest BCUT2D eigenvalue weighted by Crippen LogP contribution is 2.28. The molecule has 1 heterocycles. The van der Waals surface area contributed by atoms with Gasteiger partial charge in [0.05, 0.1) is 19.3 Å². The molecule has 14 heavy (non-hydrogen) atoms. The first-order valence-corrected chi connectivity index (χ1v) is 4.44. The molecule has 0 aliphatic carbocycles. The fourth-order valence-corrected chi connectivity index (χ4v) is 1.49. The molecular weight excluding hydrogens is 186 g/mol. The fourth-order valence-electron chi connectivity index (χ4n) is 1.49.